The van der Waals surface area contributed by atoms with Gasteiger partial charge in [-0.2, -0.15) is 0 Å². The third kappa shape index (κ3) is 2.25. The van der Waals surface area contributed by atoms with Gasteiger partial charge in [0.05, 0.1) is 30.1 Å². The van der Waals surface area contributed by atoms with Crippen molar-refractivity contribution in [2.75, 3.05) is 30.4 Å². The van der Waals surface area contributed by atoms with Gasteiger partial charge in [0.15, 0.2) is 0 Å². The smallest absolute Gasteiger partial charge is 0.0694 e. The summed E-state index contributed by atoms with van der Waals surface area (Å²) in [6.45, 7) is 11.0. The molecule has 0 bridgehead atoms. The Morgan fingerprint density at radius 3 is 2.53 bits per heavy atom. The zero-order chi connectivity index (χ0) is 12.6. The number of rotatable bonds is 1. The van der Waals surface area contributed by atoms with E-state index in [1.807, 2.05) is 0 Å². The summed E-state index contributed by atoms with van der Waals surface area (Å²) in [7, 11) is 0. The van der Waals surface area contributed by atoms with Gasteiger partial charge in [-0.1, -0.05) is 0 Å². The van der Waals surface area contributed by atoms with Crippen LogP contribution in [0.1, 0.15) is 25.0 Å². The van der Waals surface area contributed by atoms with Crippen molar-refractivity contribution < 1.29 is 4.74 Å². The number of benzene rings is 1. The molecule has 1 aromatic rings. The van der Waals surface area contributed by atoms with Crippen LogP contribution in [0.25, 0.3) is 0 Å². The van der Waals surface area contributed by atoms with Gasteiger partial charge in [-0.05, 0) is 51.0 Å². The highest BCUT2D eigenvalue weighted by Crippen LogP contribution is 2.33. The van der Waals surface area contributed by atoms with Crippen LogP contribution < -0.4 is 10.6 Å². The Kier molecular flexibility index (Phi) is 3.04. The summed E-state index contributed by atoms with van der Waals surface area (Å²) in [4.78, 5) is 2.36. The van der Waals surface area contributed by atoms with Gasteiger partial charge in [-0.3, -0.25) is 0 Å². The van der Waals surface area contributed by atoms with Crippen LogP contribution in [0, 0.1) is 13.8 Å². The summed E-state index contributed by atoms with van der Waals surface area (Å²) in [6, 6.07) is 4.26. The average Bonchev–Trinajstić information content (AvgIpc) is 2.23. The Balaban J connectivity index is 2.42. The van der Waals surface area contributed by atoms with Crippen LogP contribution >= 0.6 is 0 Å². The molecule has 1 heterocycles. The van der Waals surface area contributed by atoms with Crippen molar-refractivity contribution in [1.82, 2.24) is 0 Å². The highest BCUT2D eigenvalue weighted by atomic mass is 16.5. The van der Waals surface area contributed by atoms with Crippen LogP contribution in [0.2, 0.25) is 0 Å². The van der Waals surface area contributed by atoms with Gasteiger partial charge in [0.25, 0.3) is 0 Å². The van der Waals surface area contributed by atoms with Gasteiger partial charge in [0.1, 0.15) is 0 Å². The molecule has 0 aliphatic carbocycles. The van der Waals surface area contributed by atoms with Crippen LogP contribution in [0.15, 0.2) is 12.1 Å². The van der Waals surface area contributed by atoms with Crippen LogP contribution in [0.5, 0.6) is 0 Å². The molecular formula is C14H22N2O. The quantitative estimate of drug-likeness (QED) is 0.759. The van der Waals surface area contributed by atoms with E-state index in [0.29, 0.717) is 0 Å². The van der Waals surface area contributed by atoms with Crippen molar-refractivity contribution in [3.05, 3.63) is 23.3 Å². The molecule has 1 saturated heterocycles. The van der Waals surface area contributed by atoms with Crippen molar-refractivity contribution in [3.63, 3.8) is 0 Å². The van der Waals surface area contributed by atoms with Crippen LogP contribution in [0.4, 0.5) is 11.4 Å². The van der Waals surface area contributed by atoms with E-state index in [9.17, 15) is 0 Å². The number of nitrogens with two attached hydrogens (primary N) is 1. The molecule has 2 N–H and O–H groups in total. The standard InChI is InChI=1S/C14H22N2O/c1-10-7-12(15)13(8-11(10)2)16-5-6-17-9-14(16,3)4/h7-8H,5-6,9,15H2,1-4H3. The minimum atomic E-state index is 0.00800. The lowest BCUT2D eigenvalue weighted by atomic mass is 9.99. The van der Waals surface area contributed by atoms with E-state index in [1.165, 1.54) is 11.1 Å². The van der Waals surface area contributed by atoms with Gasteiger partial charge in [-0.15, -0.1) is 0 Å². The maximum absolute atomic E-state index is 6.16. The Morgan fingerprint density at radius 2 is 1.88 bits per heavy atom. The normalized spacial score (nSPS) is 19.4. The molecule has 94 valence electrons. The van der Waals surface area contributed by atoms with E-state index in [4.69, 9.17) is 10.5 Å². The summed E-state index contributed by atoms with van der Waals surface area (Å²) >= 11 is 0. The molecule has 1 aliphatic rings. The largest absolute Gasteiger partial charge is 0.397 e. The summed E-state index contributed by atoms with van der Waals surface area (Å²) in [5, 5.41) is 0. The maximum Gasteiger partial charge on any atom is 0.0694 e. The fourth-order valence-corrected chi connectivity index (χ4v) is 2.36. The number of morpholine rings is 1. The molecule has 0 radical (unpaired) electrons. The molecule has 17 heavy (non-hydrogen) atoms. The Hall–Kier alpha value is -1.22. The Morgan fingerprint density at radius 1 is 1.24 bits per heavy atom. The molecule has 0 amide bonds. The predicted octanol–water partition coefficient (Wildman–Crippen LogP) is 2.50. The van der Waals surface area contributed by atoms with Gasteiger partial charge in [0, 0.05) is 6.54 Å². The minimum Gasteiger partial charge on any atom is -0.397 e. The first-order valence-corrected chi connectivity index (χ1v) is 6.14. The molecule has 1 aliphatic heterocycles. The first kappa shape index (κ1) is 12.2. The second-order valence-electron chi connectivity index (χ2n) is 5.51. The van der Waals surface area contributed by atoms with Gasteiger partial charge in [0.2, 0.25) is 0 Å². The van der Waals surface area contributed by atoms with E-state index in [2.05, 4.69) is 44.7 Å². The van der Waals surface area contributed by atoms with Gasteiger partial charge >= 0.3 is 0 Å². The van der Waals surface area contributed by atoms with E-state index >= 15 is 0 Å². The first-order valence-electron chi connectivity index (χ1n) is 6.14. The van der Waals surface area contributed by atoms with Crippen molar-refractivity contribution in [2.45, 2.75) is 33.2 Å². The molecule has 0 spiro atoms. The third-order valence-corrected chi connectivity index (χ3v) is 3.58. The molecule has 1 aromatic carbocycles. The second-order valence-corrected chi connectivity index (χ2v) is 5.51. The van der Waals surface area contributed by atoms with Crippen LogP contribution in [0.3, 0.4) is 0 Å². The van der Waals surface area contributed by atoms with Crippen LogP contribution in [-0.2, 0) is 4.74 Å². The molecule has 2 rings (SSSR count). The molecule has 1 fully saturated rings. The highest BCUT2D eigenvalue weighted by molar-refractivity contribution is 5.71. The molecule has 3 heteroatoms. The molecule has 0 unspecified atom stereocenters. The molecule has 3 nitrogen and oxygen atoms in total. The molecule has 0 aromatic heterocycles. The Bertz CT molecular complexity index is 426. The number of anilines is 2. The number of nitrogen functional groups attached to an aromatic ring is 1. The average molecular weight is 234 g/mol. The summed E-state index contributed by atoms with van der Waals surface area (Å²) < 4.78 is 5.55. The number of aryl methyl sites for hydroxylation is 2. The minimum absolute atomic E-state index is 0.00800. The second kappa shape index (κ2) is 4.22. The number of nitrogens with zero attached hydrogens (tertiary/aromatic N) is 1. The SMILES string of the molecule is Cc1cc(N)c(N2CCOCC2(C)C)cc1C. The van der Waals surface area contributed by atoms with E-state index in [-0.39, 0.29) is 5.54 Å². The van der Waals surface area contributed by atoms with Gasteiger partial charge < -0.3 is 15.4 Å². The maximum atomic E-state index is 6.16. The van der Waals surface area contributed by atoms with E-state index in [1.54, 1.807) is 0 Å². The fraction of sp³-hybridized carbons (Fsp3) is 0.571. The van der Waals surface area contributed by atoms with Crippen LogP contribution in [-0.4, -0.2) is 25.3 Å². The van der Waals surface area contributed by atoms with Gasteiger partial charge in [-0.25, -0.2) is 0 Å². The topological polar surface area (TPSA) is 38.5 Å². The number of ether oxygens (including phenoxy) is 1. The first-order chi connectivity index (χ1) is 7.92. The van der Waals surface area contributed by atoms with E-state index in [0.717, 1.165) is 31.1 Å². The van der Waals surface area contributed by atoms with Crippen molar-refractivity contribution in [2.24, 2.45) is 0 Å². The summed E-state index contributed by atoms with van der Waals surface area (Å²) in [6.07, 6.45) is 0. The number of hydrogen-bond donors (Lipinski definition) is 1. The molecule has 0 atom stereocenters. The lowest BCUT2D eigenvalue weighted by Crippen LogP contribution is -2.53. The summed E-state index contributed by atoms with van der Waals surface area (Å²) in [5.41, 5.74) is 10.7. The Labute approximate surface area is 104 Å². The van der Waals surface area contributed by atoms with Crippen molar-refractivity contribution in [1.29, 1.82) is 0 Å². The monoisotopic (exact) mass is 234 g/mol. The predicted molar refractivity (Wildman–Crippen MR) is 72.6 cm³/mol. The number of hydrogen-bond acceptors (Lipinski definition) is 3. The highest BCUT2D eigenvalue weighted by Gasteiger charge is 2.31. The zero-order valence-electron chi connectivity index (χ0n) is 11.2. The van der Waals surface area contributed by atoms with Crippen molar-refractivity contribution in [3.8, 4) is 0 Å². The molecule has 0 saturated carbocycles. The lowest BCUT2D eigenvalue weighted by molar-refractivity contribution is 0.0645. The lowest BCUT2D eigenvalue weighted by Gasteiger charge is -2.44. The third-order valence-electron chi connectivity index (χ3n) is 3.58. The van der Waals surface area contributed by atoms with E-state index < -0.39 is 0 Å². The molecular weight excluding hydrogens is 212 g/mol. The fourth-order valence-electron chi connectivity index (χ4n) is 2.36. The summed E-state index contributed by atoms with van der Waals surface area (Å²) in [5.74, 6) is 0. The van der Waals surface area contributed by atoms with Crippen molar-refractivity contribution >= 4 is 11.4 Å². The zero-order valence-corrected chi connectivity index (χ0v) is 11.2.